The summed E-state index contributed by atoms with van der Waals surface area (Å²) in [5.74, 6) is 0. The number of hydrogen-bond donors (Lipinski definition) is 2. The molecule has 0 bridgehead atoms. The molecule has 0 aliphatic heterocycles. The van der Waals surface area contributed by atoms with Crippen molar-refractivity contribution in [2.24, 2.45) is 7.05 Å². The summed E-state index contributed by atoms with van der Waals surface area (Å²) in [6, 6.07) is 8.69. The minimum absolute atomic E-state index is 0.209. The summed E-state index contributed by atoms with van der Waals surface area (Å²) in [4.78, 5) is 0.264. The molecule has 0 saturated heterocycles. The highest BCUT2D eigenvalue weighted by Gasteiger charge is 2.18. The van der Waals surface area contributed by atoms with Crippen molar-refractivity contribution in [1.82, 2.24) is 14.5 Å². The molecule has 1 aromatic heterocycles. The molecule has 0 fully saturated rings. The first-order valence-corrected chi connectivity index (χ1v) is 8.32. The van der Waals surface area contributed by atoms with Crippen LogP contribution in [0.5, 0.6) is 0 Å². The molecule has 2 aromatic rings. The van der Waals surface area contributed by atoms with Crippen LogP contribution in [-0.2, 0) is 23.6 Å². The number of aryl methyl sites for hydroxylation is 1. The largest absolute Gasteiger partial charge is 0.384 e. The van der Waals surface area contributed by atoms with E-state index in [1.807, 2.05) is 13.0 Å². The van der Waals surface area contributed by atoms with Gasteiger partial charge < -0.3 is 5.32 Å². The summed E-state index contributed by atoms with van der Waals surface area (Å²) < 4.78 is 29.1. The van der Waals surface area contributed by atoms with Crippen molar-refractivity contribution >= 4 is 15.7 Å². The van der Waals surface area contributed by atoms with Crippen LogP contribution in [0.4, 0.5) is 5.69 Å². The predicted octanol–water partition coefficient (Wildman–Crippen LogP) is 1.72. The average Bonchev–Trinajstić information content (AvgIpc) is 2.89. The van der Waals surface area contributed by atoms with E-state index in [4.69, 9.17) is 0 Å². The van der Waals surface area contributed by atoms with E-state index >= 15 is 0 Å². The second kappa shape index (κ2) is 6.73. The fourth-order valence-corrected chi connectivity index (χ4v) is 3.11. The Bertz CT molecular complexity index is 695. The Hall–Kier alpha value is -1.86. The highest BCUT2D eigenvalue weighted by atomic mass is 32.2. The Kier molecular flexibility index (Phi) is 4.98. The summed E-state index contributed by atoms with van der Waals surface area (Å²) in [6.45, 7) is 2.97. The highest BCUT2D eigenvalue weighted by Crippen LogP contribution is 2.20. The number of para-hydroxylation sites is 1. The zero-order valence-corrected chi connectivity index (χ0v) is 13.0. The van der Waals surface area contributed by atoms with E-state index in [2.05, 4.69) is 15.1 Å². The van der Waals surface area contributed by atoms with E-state index in [0.717, 1.165) is 18.7 Å². The minimum Gasteiger partial charge on any atom is -0.384 e. The summed E-state index contributed by atoms with van der Waals surface area (Å²) in [5, 5.41) is 7.15. The smallest absolute Gasteiger partial charge is 0.242 e. The topological polar surface area (TPSA) is 76.0 Å². The Morgan fingerprint density at radius 1 is 1.24 bits per heavy atom. The first kappa shape index (κ1) is 15.5. The van der Waals surface area contributed by atoms with Gasteiger partial charge >= 0.3 is 0 Å². The van der Waals surface area contributed by atoms with E-state index < -0.39 is 10.0 Å². The third-order valence-corrected chi connectivity index (χ3v) is 4.57. The Morgan fingerprint density at radius 2 is 2.00 bits per heavy atom. The highest BCUT2D eigenvalue weighted by molar-refractivity contribution is 7.89. The van der Waals surface area contributed by atoms with Crippen molar-refractivity contribution in [3.8, 4) is 0 Å². The molecule has 1 heterocycles. The van der Waals surface area contributed by atoms with Gasteiger partial charge in [-0.15, -0.1) is 0 Å². The third kappa shape index (κ3) is 3.83. The van der Waals surface area contributed by atoms with Gasteiger partial charge in [0.05, 0.1) is 17.9 Å². The van der Waals surface area contributed by atoms with Crippen LogP contribution < -0.4 is 10.0 Å². The fraction of sp³-hybridized carbons (Fsp3) is 0.357. The van der Waals surface area contributed by atoms with Crippen LogP contribution >= 0.6 is 0 Å². The van der Waals surface area contributed by atoms with E-state index in [0.29, 0.717) is 5.69 Å². The number of anilines is 1. The van der Waals surface area contributed by atoms with E-state index in [9.17, 15) is 8.42 Å². The summed E-state index contributed by atoms with van der Waals surface area (Å²) in [5.41, 5.74) is 1.43. The second-order valence-corrected chi connectivity index (χ2v) is 6.43. The molecule has 0 saturated carbocycles. The van der Waals surface area contributed by atoms with Gasteiger partial charge in [-0.3, -0.25) is 4.68 Å². The van der Waals surface area contributed by atoms with Gasteiger partial charge in [-0.2, -0.15) is 5.10 Å². The Morgan fingerprint density at radius 3 is 2.67 bits per heavy atom. The molecule has 0 radical (unpaired) electrons. The summed E-state index contributed by atoms with van der Waals surface area (Å²) >= 11 is 0. The maximum atomic E-state index is 12.4. The van der Waals surface area contributed by atoms with Crippen LogP contribution in [0.15, 0.2) is 41.4 Å². The van der Waals surface area contributed by atoms with Crippen molar-refractivity contribution in [2.75, 3.05) is 11.9 Å². The van der Waals surface area contributed by atoms with Gasteiger partial charge in [0.2, 0.25) is 10.0 Å². The molecule has 114 valence electrons. The number of hydrogen-bond acceptors (Lipinski definition) is 4. The lowest BCUT2D eigenvalue weighted by Crippen LogP contribution is -2.25. The van der Waals surface area contributed by atoms with Crippen molar-refractivity contribution in [3.05, 3.63) is 42.2 Å². The molecular formula is C14H20N4O2S. The first-order valence-electron chi connectivity index (χ1n) is 6.84. The summed E-state index contributed by atoms with van der Waals surface area (Å²) in [6.07, 6.45) is 2.57. The molecule has 0 amide bonds. The van der Waals surface area contributed by atoms with E-state index in [1.165, 1.54) is 0 Å². The standard InChI is InChI=1S/C14H20N4O2S/c1-3-9-15-13-6-4-5-7-14(13)21(19,20)17-11-12-8-10-16-18(12)2/h4-8,10,15,17H,3,9,11H2,1-2H3. The SMILES string of the molecule is CCCNc1ccccc1S(=O)(=O)NCc1ccnn1C. The molecule has 2 rings (SSSR count). The number of sulfonamides is 1. The fourth-order valence-electron chi connectivity index (χ4n) is 1.93. The second-order valence-electron chi connectivity index (χ2n) is 4.69. The quantitative estimate of drug-likeness (QED) is 0.816. The molecule has 7 heteroatoms. The number of aromatic nitrogens is 2. The zero-order valence-electron chi connectivity index (χ0n) is 12.2. The summed E-state index contributed by atoms with van der Waals surface area (Å²) in [7, 11) is -1.79. The monoisotopic (exact) mass is 308 g/mol. The first-order chi connectivity index (χ1) is 10.0. The number of nitrogens with one attached hydrogen (secondary N) is 2. The van der Waals surface area contributed by atoms with Gasteiger partial charge in [-0.05, 0) is 24.6 Å². The average molecular weight is 308 g/mol. The van der Waals surface area contributed by atoms with Crippen LogP contribution in [-0.4, -0.2) is 24.7 Å². The van der Waals surface area contributed by atoms with Crippen molar-refractivity contribution in [3.63, 3.8) is 0 Å². The maximum Gasteiger partial charge on any atom is 0.242 e. The molecule has 2 N–H and O–H groups in total. The van der Waals surface area contributed by atoms with Gasteiger partial charge in [-0.1, -0.05) is 19.1 Å². The van der Waals surface area contributed by atoms with Crippen LogP contribution in [0.1, 0.15) is 19.0 Å². The number of rotatable bonds is 7. The Labute approximate surface area is 125 Å². The molecule has 0 aliphatic carbocycles. The van der Waals surface area contributed by atoms with Crippen LogP contribution in [0.3, 0.4) is 0 Å². The third-order valence-electron chi connectivity index (χ3n) is 3.11. The molecule has 21 heavy (non-hydrogen) atoms. The van der Waals surface area contributed by atoms with Gasteiger partial charge in [0, 0.05) is 19.8 Å². The maximum absolute atomic E-state index is 12.4. The molecule has 0 spiro atoms. The van der Waals surface area contributed by atoms with Gasteiger partial charge in [0.1, 0.15) is 4.90 Å². The van der Waals surface area contributed by atoms with Crippen LogP contribution in [0.2, 0.25) is 0 Å². The minimum atomic E-state index is -3.57. The number of benzene rings is 1. The molecule has 0 unspecified atom stereocenters. The molecule has 0 atom stereocenters. The van der Waals surface area contributed by atoms with Gasteiger partial charge in [0.25, 0.3) is 0 Å². The molecular weight excluding hydrogens is 288 g/mol. The zero-order chi connectivity index (χ0) is 15.3. The molecule has 6 nitrogen and oxygen atoms in total. The number of nitrogens with zero attached hydrogens (tertiary/aromatic N) is 2. The lowest BCUT2D eigenvalue weighted by molar-refractivity contribution is 0.577. The van der Waals surface area contributed by atoms with Crippen LogP contribution in [0.25, 0.3) is 0 Å². The predicted molar refractivity (Wildman–Crippen MR) is 82.5 cm³/mol. The van der Waals surface area contributed by atoms with Gasteiger partial charge in [-0.25, -0.2) is 13.1 Å². The Balaban J connectivity index is 2.17. The van der Waals surface area contributed by atoms with E-state index in [1.54, 1.807) is 42.2 Å². The van der Waals surface area contributed by atoms with Crippen molar-refractivity contribution < 1.29 is 8.42 Å². The molecule has 1 aromatic carbocycles. The van der Waals surface area contributed by atoms with Crippen molar-refractivity contribution in [2.45, 2.75) is 24.8 Å². The van der Waals surface area contributed by atoms with Crippen molar-refractivity contribution in [1.29, 1.82) is 0 Å². The molecule has 0 aliphatic rings. The normalized spacial score (nSPS) is 11.5. The van der Waals surface area contributed by atoms with E-state index in [-0.39, 0.29) is 11.4 Å². The van der Waals surface area contributed by atoms with Crippen LogP contribution in [0, 0.1) is 0 Å². The lowest BCUT2D eigenvalue weighted by atomic mass is 10.3. The lowest BCUT2D eigenvalue weighted by Gasteiger charge is -2.12. The van der Waals surface area contributed by atoms with Gasteiger partial charge in [0.15, 0.2) is 0 Å².